The minimum Gasteiger partial charge on any atom is -0.268 e. The first-order valence-electron chi connectivity index (χ1n) is 9.55. The SMILES string of the molecule is O=C(c1ccccc1C(=O)N1C(=O)c2ccccc2C1=O)N1C(=O)c2ccccc2C1=O. The quantitative estimate of drug-likeness (QED) is 0.585. The van der Waals surface area contributed by atoms with Crippen LogP contribution in [0.5, 0.6) is 0 Å². The van der Waals surface area contributed by atoms with Crippen molar-refractivity contribution in [2.45, 2.75) is 0 Å². The summed E-state index contributed by atoms with van der Waals surface area (Å²) in [4.78, 5) is 78.1. The second-order valence-corrected chi connectivity index (χ2v) is 7.14. The first-order chi connectivity index (χ1) is 15.4. The molecular formula is C24H12N2O6. The monoisotopic (exact) mass is 424 g/mol. The molecule has 3 aromatic carbocycles. The highest BCUT2D eigenvalue weighted by Gasteiger charge is 2.44. The lowest BCUT2D eigenvalue weighted by molar-refractivity contribution is 0.0527. The van der Waals surface area contributed by atoms with Gasteiger partial charge in [-0.25, -0.2) is 9.80 Å². The highest BCUT2D eigenvalue weighted by molar-refractivity contribution is 6.34. The Morgan fingerprint density at radius 2 is 0.688 bits per heavy atom. The van der Waals surface area contributed by atoms with Gasteiger partial charge in [-0.3, -0.25) is 28.8 Å². The fraction of sp³-hybridized carbons (Fsp3) is 0. The van der Waals surface area contributed by atoms with Crippen LogP contribution >= 0.6 is 0 Å². The molecular weight excluding hydrogens is 412 g/mol. The first kappa shape index (κ1) is 19.3. The van der Waals surface area contributed by atoms with Crippen molar-refractivity contribution in [3.05, 3.63) is 106 Å². The molecule has 8 heteroatoms. The lowest BCUT2D eigenvalue weighted by Crippen LogP contribution is -2.40. The molecule has 0 aliphatic carbocycles. The van der Waals surface area contributed by atoms with Gasteiger partial charge in [0.1, 0.15) is 0 Å². The van der Waals surface area contributed by atoms with E-state index in [0.717, 1.165) is 0 Å². The third-order valence-electron chi connectivity index (χ3n) is 5.38. The maximum absolute atomic E-state index is 13.2. The molecule has 154 valence electrons. The van der Waals surface area contributed by atoms with Gasteiger partial charge < -0.3 is 0 Å². The molecule has 8 nitrogen and oxygen atoms in total. The van der Waals surface area contributed by atoms with Crippen molar-refractivity contribution in [3.8, 4) is 0 Å². The Bertz CT molecular complexity index is 1230. The van der Waals surface area contributed by atoms with E-state index in [-0.39, 0.29) is 33.4 Å². The molecule has 2 heterocycles. The van der Waals surface area contributed by atoms with Crippen molar-refractivity contribution in [2.24, 2.45) is 0 Å². The van der Waals surface area contributed by atoms with E-state index in [2.05, 4.69) is 0 Å². The van der Waals surface area contributed by atoms with Gasteiger partial charge in [0.25, 0.3) is 35.4 Å². The standard InChI is InChI=1S/C24H12N2O6/c27-19-13-7-1-2-8-14(13)20(28)25(19)23(31)17-11-5-6-12-18(17)24(32)26-21(29)15-9-3-4-10-16(15)22(26)30/h1-12H. The topological polar surface area (TPSA) is 109 Å². The van der Waals surface area contributed by atoms with Crippen LogP contribution in [-0.4, -0.2) is 45.2 Å². The minimum absolute atomic E-state index is 0.0787. The summed E-state index contributed by atoms with van der Waals surface area (Å²) in [5.41, 5.74) is -0.234. The van der Waals surface area contributed by atoms with Crippen LogP contribution < -0.4 is 0 Å². The Kier molecular flexibility index (Phi) is 4.16. The van der Waals surface area contributed by atoms with Gasteiger partial charge in [-0.2, -0.15) is 0 Å². The van der Waals surface area contributed by atoms with Gasteiger partial charge in [-0.15, -0.1) is 0 Å². The highest BCUT2D eigenvalue weighted by Crippen LogP contribution is 2.28. The third kappa shape index (κ3) is 2.56. The van der Waals surface area contributed by atoms with Crippen LogP contribution in [-0.2, 0) is 0 Å². The smallest absolute Gasteiger partial charge is 0.268 e. The number of rotatable bonds is 2. The van der Waals surface area contributed by atoms with Crippen molar-refractivity contribution < 1.29 is 28.8 Å². The number of fused-ring (bicyclic) bond motifs is 2. The molecule has 32 heavy (non-hydrogen) atoms. The van der Waals surface area contributed by atoms with Gasteiger partial charge in [0, 0.05) is 0 Å². The Labute approximate surface area is 180 Å². The predicted octanol–water partition coefficient (Wildman–Crippen LogP) is 2.56. The summed E-state index contributed by atoms with van der Waals surface area (Å²) in [5.74, 6) is -5.26. The van der Waals surface area contributed by atoms with E-state index in [0.29, 0.717) is 9.80 Å². The fourth-order valence-electron chi connectivity index (χ4n) is 3.84. The average molecular weight is 424 g/mol. The van der Waals surface area contributed by atoms with Crippen LogP contribution in [0.2, 0.25) is 0 Å². The molecule has 0 spiro atoms. The van der Waals surface area contributed by atoms with Crippen LogP contribution in [0.15, 0.2) is 72.8 Å². The minimum atomic E-state index is -1.02. The van der Waals surface area contributed by atoms with Crippen LogP contribution in [0, 0.1) is 0 Å². The van der Waals surface area contributed by atoms with E-state index in [1.807, 2.05) is 0 Å². The molecule has 5 rings (SSSR count). The highest BCUT2D eigenvalue weighted by atomic mass is 16.2. The predicted molar refractivity (Wildman–Crippen MR) is 109 cm³/mol. The second-order valence-electron chi connectivity index (χ2n) is 7.14. The molecule has 0 radical (unpaired) electrons. The largest absolute Gasteiger partial charge is 0.268 e. The number of imide groups is 6. The Morgan fingerprint density at radius 1 is 0.438 bits per heavy atom. The summed E-state index contributed by atoms with van der Waals surface area (Å²) in [6, 6.07) is 17.4. The number of amides is 6. The lowest BCUT2D eigenvalue weighted by atomic mass is 10.0. The third-order valence-corrected chi connectivity index (χ3v) is 5.38. The fourth-order valence-corrected chi connectivity index (χ4v) is 3.84. The van der Waals surface area contributed by atoms with E-state index in [1.165, 1.54) is 48.5 Å². The van der Waals surface area contributed by atoms with E-state index in [9.17, 15) is 28.8 Å². The number of benzene rings is 3. The summed E-state index contributed by atoms with van der Waals surface area (Å²) in [5, 5.41) is 0. The molecule has 2 aliphatic rings. The number of hydrogen-bond acceptors (Lipinski definition) is 6. The molecule has 0 fully saturated rings. The maximum atomic E-state index is 13.2. The van der Waals surface area contributed by atoms with Crippen LogP contribution in [0.1, 0.15) is 62.1 Å². The summed E-state index contributed by atoms with van der Waals surface area (Å²) < 4.78 is 0. The van der Waals surface area contributed by atoms with Crippen molar-refractivity contribution in [3.63, 3.8) is 0 Å². The summed E-state index contributed by atoms with van der Waals surface area (Å²) in [6.45, 7) is 0. The average Bonchev–Trinajstić information content (AvgIpc) is 3.23. The van der Waals surface area contributed by atoms with Crippen molar-refractivity contribution in [2.75, 3.05) is 0 Å². The van der Waals surface area contributed by atoms with Crippen LogP contribution in [0.3, 0.4) is 0 Å². The van der Waals surface area contributed by atoms with Gasteiger partial charge >= 0.3 is 0 Å². The Hall–Kier alpha value is -4.72. The van der Waals surface area contributed by atoms with Crippen LogP contribution in [0.25, 0.3) is 0 Å². The van der Waals surface area contributed by atoms with Gasteiger partial charge in [0.15, 0.2) is 0 Å². The number of nitrogens with zero attached hydrogens (tertiary/aromatic N) is 2. The number of carbonyl (C=O) groups excluding carboxylic acids is 6. The molecule has 0 bridgehead atoms. The molecule has 0 N–H and O–H groups in total. The summed E-state index contributed by atoms with van der Waals surface area (Å²) in [6.07, 6.45) is 0. The lowest BCUT2D eigenvalue weighted by Gasteiger charge is -2.17. The van der Waals surface area contributed by atoms with E-state index in [4.69, 9.17) is 0 Å². The van der Waals surface area contributed by atoms with E-state index >= 15 is 0 Å². The molecule has 6 amide bonds. The molecule has 0 aromatic heterocycles. The number of hydrogen-bond donors (Lipinski definition) is 0. The molecule has 0 atom stereocenters. The molecule has 3 aromatic rings. The molecule has 0 saturated carbocycles. The van der Waals surface area contributed by atoms with Gasteiger partial charge in [0.2, 0.25) is 0 Å². The van der Waals surface area contributed by atoms with Crippen molar-refractivity contribution in [1.82, 2.24) is 9.80 Å². The van der Waals surface area contributed by atoms with Crippen LogP contribution in [0.4, 0.5) is 0 Å². The first-order valence-corrected chi connectivity index (χ1v) is 9.55. The second kappa shape index (κ2) is 6.92. The van der Waals surface area contributed by atoms with Crippen molar-refractivity contribution in [1.29, 1.82) is 0 Å². The zero-order valence-electron chi connectivity index (χ0n) is 16.3. The normalized spacial score (nSPS) is 14.6. The summed E-state index contributed by atoms with van der Waals surface area (Å²) in [7, 11) is 0. The van der Waals surface area contributed by atoms with E-state index < -0.39 is 35.4 Å². The molecule has 0 saturated heterocycles. The maximum Gasteiger partial charge on any atom is 0.268 e. The van der Waals surface area contributed by atoms with E-state index in [1.54, 1.807) is 24.3 Å². The van der Waals surface area contributed by atoms with Gasteiger partial charge in [-0.1, -0.05) is 36.4 Å². The number of carbonyl (C=O) groups is 6. The van der Waals surface area contributed by atoms with Gasteiger partial charge in [0.05, 0.1) is 33.4 Å². The van der Waals surface area contributed by atoms with Crippen molar-refractivity contribution >= 4 is 35.4 Å². The zero-order valence-corrected chi connectivity index (χ0v) is 16.3. The van der Waals surface area contributed by atoms with Gasteiger partial charge in [-0.05, 0) is 36.4 Å². The molecule has 2 aliphatic heterocycles. The Balaban J connectivity index is 1.54. The Morgan fingerprint density at radius 3 is 0.969 bits per heavy atom. The summed E-state index contributed by atoms with van der Waals surface area (Å²) >= 11 is 0. The zero-order chi connectivity index (χ0) is 22.6. The molecule has 0 unspecified atom stereocenters.